The molecule has 4 heterocycles. The number of amides is 4. The lowest BCUT2D eigenvalue weighted by atomic mass is 10.2. The van der Waals surface area contributed by atoms with Crippen LogP contribution in [0.25, 0.3) is 0 Å². The maximum atomic E-state index is 12.1. The number of benzene rings is 4. The fourth-order valence-electron chi connectivity index (χ4n) is 5.87. The van der Waals surface area contributed by atoms with Crippen molar-refractivity contribution in [2.24, 2.45) is 0 Å². The summed E-state index contributed by atoms with van der Waals surface area (Å²) in [5, 5.41) is 15.6. The monoisotopic (exact) mass is 1100 g/mol. The van der Waals surface area contributed by atoms with Crippen molar-refractivity contribution in [1.29, 1.82) is 0 Å². The molecule has 4 aromatic heterocycles. The van der Waals surface area contributed by atoms with Crippen LogP contribution in [0.3, 0.4) is 0 Å². The molecule has 0 aliphatic rings. The van der Waals surface area contributed by atoms with E-state index in [9.17, 15) is 19.2 Å². The Morgan fingerprint density at radius 1 is 0.325 bits per heavy atom. The first-order chi connectivity index (χ1) is 38.5. The van der Waals surface area contributed by atoms with Crippen molar-refractivity contribution in [1.82, 2.24) is 59.8 Å². The topological polar surface area (TPSA) is 455 Å². The minimum atomic E-state index is -0.392. The molecule has 0 saturated heterocycles. The number of ether oxygens (including phenoxy) is 6. The van der Waals surface area contributed by atoms with E-state index in [1.54, 1.807) is 125 Å². The summed E-state index contributed by atoms with van der Waals surface area (Å²) < 4.78 is 29.8. The molecule has 32 nitrogen and oxygen atoms in total. The minimum absolute atomic E-state index is 0.0159. The van der Waals surface area contributed by atoms with E-state index in [0.717, 1.165) is 0 Å². The summed E-state index contributed by atoms with van der Waals surface area (Å²) in [6.07, 6.45) is 0. The molecular weight excluding hydrogens is 1040 g/mol. The molecule has 0 fully saturated rings. The van der Waals surface area contributed by atoms with E-state index in [0.29, 0.717) is 45.3 Å². The molecule has 0 saturated carbocycles. The van der Waals surface area contributed by atoms with Gasteiger partial charge in [-0.25, -0.2) is 0 Å². The molecule has 32 heteroatoms. The fourth-order valence-corrected chi connectivity index (χ4v) is 5.87. The van der Waals surface area contributed by atoms with E-state index >= 15 is 0 Å². The van der Waals surface area contributed by atoms with E-state index in [1.807, 2.05) is 0 Å². The second-order valence-corrected chi connectivity index (χ2v) is 14.9. The number of nitrogens with two attached hydrogens (primary N) is 4. The van der Waals surface area contributed by atoms with Gasteiger partial charge in [-0.2, -0.15) is 59.8 Å². The van der Waals surface area contributed by atoms with Crippen LogP contribution in [0.2, 0.25) is 0 Å². The fraction of sp³-hybridized carbons (Fsp3) is 0.167. The van der Waals surface area contributed by atoms with Gasteiger partial charge >= 0.3 is 12.0 Å². The third kappa shape index (κ3) is 18.4. The average molecular weight is 1100 g/mol. The van der Waals surface area contributed by atoms with E-state index in [-0.39, 0.29) is 89.2 Å². The van der Waals surface area contributed by atoms with Gasteiger partial charge in [0.15, 0.2) is 0 Å². The Bertz CT molecular complexity index is 3160. The molecule has 0 spiro atoms. The molecule has 0 unspecified atom stereocenters. The van der Waals surface area contributed by atoms with Crippen LogP contribution < -0.4 is 83.3 Å². The standard InChI is InChI=1S/2C12H14N6O2.2C12H13N5O3/c1-14-11-16-10(13)17-12(18-11)15-9(19)7-3-5-8(20-2)6-4-7;1-14-11-16-10(13)17-12(18-11)15-9(19)7-4-3-5-8(6-7)20-2;1-19-8-5-3-7(4-6-8)9(18)14-11-15-10(13)16-12(17-11)20-2;1-19-8-5-3-4-7(6-8)9(18)14-11-15-10(13)16-12(17-11)20-2/h2*3-6H,1-2H3,(H4,13,14,15,16,17,18,19);2*3-6H,1-2H3,(H3,13,14,15,16,17,18). The number of nitrogens with zero attached hydrogens (tertiary/aromatic N) is 12. The van der Waals surface area contributed by atoms with Gasteiger partial charge in [-0.3, -0.25) is 40.4 Å². The lowest BCUT2D eigenvalue weighted by molar-refractivity contribution is 0.101. The van der Waals surface area contributed by atoms with Gasteiger partial charge in [-0.05, 0) is 84.9 Å². The first-order valence-electron chi connectivity index (χ1n) is 22.8. The summed E-state index contributed by atoms with van der Waals surface area (Å²) in [6.45, 7) is 0. The van der Waals surface area contributed by atoms with Gasteiger partial charge in [-0.1, -0.05) is 12.1 Å². The van der Waals surface area contributed by atoms with Crippen LogP contribution in [0.4, 0.5) is 59.5 Å². The largest absolute Gasteiger partial charge is 0.497 e. The van der Waals surface area contributed by atoms with Crippen molar-refractivity contribution in [2.75, 3.05) is 112 Å². The molecule has 0 aliphatic heterocycles. The first kappa shape index (κ1) is 59.3. The summed E-state index contributed by atoms with van der Waals surface area (Å²) in [5.41, 5.74) is 23.7. The average Bonchev–Trinajstić information content (AvgIpc) is 3.47. The normalized spacial score (nSPS) is 9.90. The van der Waals surface area contributed by atoms with E-state index in [1.165, 1.54) is 28.4 Å². The quantitative estimate of drug-likeness (QED) is 0.0665. The van der Waals surface area contributed by atoms with Gasteiger partial charge in [0.2, 0.25) is 59.5 Å². The highest BCUT2D eigenvalue weighted by Crippen LogP contribution is 2.18. The second-order valence-electron chi connectivity index (χ2n) is 14.9. The highest BCUT2D eigenvalue weighted by Gasteiger charge is 2.15. The van der Waals surface area contributed by atoms with Crippen LogP contribution in [0, 0.1) is 0 Å². The summed E-state index contributed by atoms with van der Waals surface area (Å²) in [6, 6.07) is 26.7. The van der Waals surface area contributed by atoms with Crippen molar-refractivity contribution in [3.05, 3.63) is 119 Å². The third-order valence-corrected chi connectivity index (χ3v) is 9.65. The van der Waals surface area contributed by atoms with Gasteiger partial charge in [0.1, 0.15) is 23.0 Å². The van der Waals surface area contributed by atoms with E-state index in [2.05, 4.69) is 91.7 Å². The molecule has 0 bridgehead atoms. The summed E-state index contributed by atoms with van der Waals surface area (Å²) in [5.74, 6) is 1.73. The molecule has 0 atom stereocenters. The van der Waals surface area contributed by atoms with Crippen LogP contribution >= 0.6 is 0 Å². The molecule has 0 aliphatic carbocycles. The van der Waals surface area contributed by atoms with Crippen LogP contribution in [0.1, 0.15) is 41.4 Å². The molecule has 8 rings (SSSR count). The zero-order valence-electron chi connectivity index (χ0n) is 44.0. The molecule has 4 aromatic carbocycles. The highest BCUT2D eigenvalue weighted by atomic mass is 16.5. The molecule has 4 amide bonds. The Morgan fingerprint density at radius 2 is 0.613 bits per heavy atom. The van der Waals surface area contributed by atoms with Crippen molar-refractivity contribution >= 4 is 83.1 Å². The van der Waals surface area contributed by atoms with Crippen LogP contribution in [0.5, 0.6) is 35.0 Å². The Balaban J connectivity index is 0.000000196. The Kier molecular flexibility index (Phi) is 21.8. The van der Waals surface area contributed by atoms with Gasteiger partial charge < -0.3 is 62.0 Å². The maximum Gasteiger partial charge on any atom is 0.322 e. The molecule has 8 aromatic rings. The smallest absolute Gasteiger partial charge is 0.322 e. The molecule has 80 heavy (non-hydrogen) atoms. The number of anilines is 10. The number of rotatable bonds is 16. The summed E-state index contributed by atoms with van der Waals surface area (Å²) >= 11 is 0. The SMILES string of the molecule is CNc1nc(N)nc(NC(=O)c2ccc(OC)cc2)n1.CNc1nc(N)nc(NC(=O)c2cccc(OC)c2)n1.COc1ccc(C(=O)Nc2nc(N)nc(OC)n2)cc1.COc1cccc(C(=O)Nc2nc(N)nc(OC)n2)c1. The van der Waals surface area contributed by atoms with Crippen LogP contribution in [-0.4, -0.2) is 140 Å². The summed E-state index contributed by atoms with van der Waals surface area (Å²) in [7, 11) is 12.2. The van der Waals surface area contributed by atoms with Crippen molar-refractivity contribution in [3.63, 3.8) is 0 Å². The molecule has 14 N–H and O–H groups in total. The van der Waals surface area contributed by atoms with Crippen molar-refractivity contribution in [2.45, 2.75) is 0 Å². The van der Waals surface area contributed by atoms with Gasteiger partial charge in [0.05, 0.1) is 42.7 Å². The number of carbonyl (C=O) groups is 4. The number of aromatic nitrogens is 12. The van der Waals surface area contributed by atoms with Crippen LogP contribution in [-0.2, 0) is 0 Å². The minimum Gasteiger partial charge on any atom is -0.497 e. The second kappa shape index (κ2) is 29.5. The third-order valence-electron chi connectivity index (χ3n) is 9.65. The molecule has 416 valence electrons. The van der Waals surface area contributed by atoms with Gasteiger partial charge in [0, 0.05) is 36.3 Å². The van der Waals surface area contributed by atoms with Gasteiger partial charge in [0.25, 0.3) is 23.6 Å². The number of methoxy groups -OCH3 is 6. The zero-order chi connectivity index (χ0) is 58.1. The predicted molar refractivity (Wildman–Crippen MR) is 293 cm³/mol. The maximum absolute atomic E-state index is 12.1. The lowest BCUT2D eigenvalue weighted by Crippen LogP contribution is -2.16. The lowest BCUT2D eigenvalue weighted by Gasteiger charge is -2.07. The Hall–Kier alpha value is -11.6. The Morgan fingerprint density at radius 3 is 0.912 bits per heavy atom. The molecule has 0 radical (unpaired) electrons. The zero-order valence-corrected chi connectivity index (χ0v) is 44.0. The van der Waals surface area contributed by atoms with Gasteiger partial charge in [-0.15, -0.1) is 0 Å². The number of nitrogens with one attached hydrogen (secondary N) is 6. The number of hydrogen-bond donors (Lipinski definition) is 10. The number of nitrogen functional groups attached to an aromatic ring is 4. The highest BCUT2D eigenvalue weighted by molar-refractivity contribution is 6.05. The van der Waals surface area contributed by atoms with E-state index in [4.69, 9.17) is 51.4 Å². The van der Waals surface area contributed by atoms with Crippen LogP contribution in [0.15, 0.2) is 97.1 Å². The molecular formula is C48H54N22O10. The van der Waals surface area contributed by atoms with E-state index < -0.39 is 5.91 Å². The number of carbonyl (C=O) groups excluding carboxylic acids is 4. The predicted octanol–water partition coefficient (Wildman–Crippen LogP) is 2.96. The first-order valence-corrected chi connectivity index (χ1v) is 22.8. The summed E-state index contributed by atoms with van der Waals surface area (Å²) in [4.78, 5) is 94.2. The Labute approximate surface area is 455 Å². The van der Waals surface area contributed by atoms with Crippen molar-refractivity contribution < 1.29 is 47.6 Å². The number of hydrogen-bond acceptors (Lipinski definition) is 28. The van der Waals surface area contributed by atoms with Crippen molar-refractivity contribution in [3.8, 4) is 35.0 Å².